The molecule has 0 bridgehead atoms. The van der Waals surface area contributed by atoms with Crippen molar-refractivity contribution in [2.24, 2.45) is 0 Å². The van der Waals surface area contributed by atoms with Crippen LogP contribution in [0.15, 0.2) is 103 Å². The molecule has 0 radical (unpaired) electrons. The van der Waals surface area contributed by atoms with Gasteiger partial charge in [0.15, 0.2) is 5.65 Å². The van der Waals surface area contributed by atoms with Gasteiger partial charge in [0, 0.05) is 15.3 Å². The molecule has 0 saturated carbocycles. The lowest BCUT2D eigenvalue weighted by Crippen LogP contribution is -2.32. The third-order valence-corrected chi connectivity index (χ3v) is 6.60. The van der Waals surface area contributed by atoms with Crippen LogP contribution in [-0.4, -0.2) is 15.2 Å². The fourth-order valence-electron chi connectivity index (χ4n) is 4.16. The monoisotopic (exact) mass is 487 g/mol. The number of aromatic amines is 1. The molecular formula is C25H18IN3. The van der Waals surface area contributed by atoms with Crippen LogP contribution in [0.3, 0.4) is 0 Å². The lowest BCUT2D eigenvalue weighted by Gasteiger charge is -2.37. The van der Waals surface area contributed by atoms with Crippen LogP contribution in [0.2, 0.25) is 0 Å². The van der Waals surface area contributed by atoms with Crippen LogP contribution >= 0.6 is 22.6 Å². The molecule has 0 aliphatic rings. The molecule has 1 N–H and O–H groups in total. The van der Waals surface area contributed by atoms with E-state index in [0.717, 1.165) is 20.2 Å². The molecule has 3 aromatic carbocycles. The number of benzene rings is 3. The van der Waals surface area contributed by atoms with E-state index < -0.39 is 5.41 Å². The van der Waals surface area contributed by atoms with Gasteiger partial charge in [0.05, 0.1) is 17.0 Å². The van der Waals surface area contributed by atoms with Crippen LogP contribution in [0.25, 0.3) is 11.0 Å². The minimum absolute atomic E-state index is 0.487. The summed E-state index contributed by atoms with van der Waals surface area (Å²) in [5.41, 5.74) is 5.09. The van der Waals surface area contributed by atoms with Crippen LogP contribution in [-0.2, 0) is 5.41 Å². The van der Waals surface area contributed by atoms with E-state index in [9.17, 15) is 0 Å². The van der Waals surface area contributed by atoms with Gasteiger partial charge >= 0.3 is 0 Å². The SMILES string of the molecule is Ic1c(C(c2ccccc2)(c2ccccc2)c2ccccc2)cnc2[nH]ncc12. The van der Waals surface area contributed by atoms with Crippen molar-refractivity contribution < 1.29 is 0 Å². The van der Waals surface area contributed by atoms with Gasteiger partial charge in [-0.3, -0.25) is 5.10 Å². The Hall–Kier alpha value is -2.99. The first-order chi connectivity index (χ1) is 14.3. The van der Waals surface area contributed by atoms with Crippen LogP contribution in [0.5, 0.6) is 0 Å². The number of aromatic nitrogens is 3. The first-order valence-electron chi connectivity index (χ1n) is 9.46. The number of pyridine rings is 1. The van der Waals surface area contributed by atoms with E-state index in [1.165, 1.54) is 16.7 Å². The Kier molecular flexibility index (Phi) is 4.64. The quantitative estimate of drug-likeness (QED) is 0.252. The number of rotatable bonds is 4. The number of nitrogens with one attached hydrogen (secondary N) is 1. The second-order valence-electron chi connectivity index (χ2n) is 6.97. The molecule has 0 spiro atoms. The summed E-state index contributed by atoms with van der Waals surface area (Å²) in [6, 6.07) is 32.0. The summed E-state index contributed by atoms with van der Waals surface area (Å²) in [5.74, 6) is 0. The Morgan fingerprint density at radius 2 is 1.14 bits per heavy atom. The van der Waals surface area contributed by atoms with Crippen molar-refractivity contribution in [2.75, 3.05) is 0 Å². The Balaban J connectivity index is 1.96. The lowest BCUT2D eigenvalue weighted by molar-refractivity contribution is 0.737. The van der Waals surface area contributed by atoms with Gasteiger partial charge in [0.1, 0.15) is 0 Å². The average molecular weight is 487 g/mol. The summed E-state index contributed by atoms with van der Waals surface area (Å²) in [7, 11) is 0. The molecule has 0 aliphatic carbocycles. The number of halogens is 1. The Labute approximate surface area is 183 Å². The van der Waals surface area contributed by atoms with E-state index in [4.69, 9.17) is 4.98 Å². The molecule has 2 heterocycles. The maximum absolute atomic E-state index is 4.72. The van der Waals surface area contributed by atoms with Gasteiger partial charge in [-0.2, -0.15) is 5.10 Å². The highest BCUT2D eigenvalue weighted by atomic mass is 127. The second-order valence-corrected chi connectivity index (χ2v) is 8.04. The molecule has 29 heavy (non-hydrogen) atoms. The normalized spacial score (nSPS) is 11.6. The molecule has 140 valence electrons. The van der Waals surface area contributed by atoms with Gasteiger partial charge in [0.2, 0.25) is 0 Å². The molecule has 0 saturated heterocycles. The predicted octanol–water partition coefficient (Wildman–Crippen LogP) is 5.95. The first kappa shape index (κ1) is 18.1. The number of hydrogen-bond acceptors (Lipinski definition) is 2. The van der Waals surface area contributed by atoms with E-state index >= 15 is 0 Å². The summed E-state index contributed by atoms with van der Waals surface area (Å²) in [4.78, 5) is 4.72. The summed E-state index contributed by atoms with van der Waals surface area (Å²) in [6.45, 7) is 0. The molecule has 0 fully saturated rings. The summed E-state index contributed by atoms with van der Waals surface area (Å²) >= 11 is 2.44. The fraction of sp³-hybridized carbons (Fsp3) is 0.0400. The minimum Gasteiger partial charge on any atom is -0.261 e. The topological polar surface area (TPSA) is 41.6 Å². The predicted molar refractivity (Wildman–Crippen MR) is 125 cm³/mol. The van der Waals surface area contributed by atoms with Crippen LogP contribution in [0.4, 0.5) is 0 Å². The van der Waals surface area contributed by atoms with Crippen molar-refractivity contribution >= 4 is 33.6 Å². The van der Waals surface area contributed by atoms with Crippen LogP contribution in [0, 0.1) is 3.57 Å². The molecule has 0 atom stereocenters. The maximum Gasteiger partial charge on any atom is 0.156 e. The lowest BCUT2D eigenvalue weighted by atomic mass is 9.65. The minimum atomic E-state index is -0.487. The van der Waals surface area contributed by atoms with E-state index in [1.54, 1.807) is 0 Å². The largest absolute Gasteiger partial charge is 0.261 e. The Morgan fingerprint density at radius 3 is 1.62 bits per heavy atom. The number of H-pyrrole nitrogens is 1. The van der Waals surface area contributed by atoms with Crippen molar-refractivity contribution in [1.82, 2.24) is 15.2 Å². The highest BCUT2D eigenvalue weighted by molar-refractivity contribution is 14.1. The third kappa shape index (κ3) is 2.86. The zero-order valence-corrected chi connectivity index (χ0v) is 17.7. The van der Waals surface area contributed by atoms with Crippen LogP contribution in [0.1, 0.15) is 22.3 Å². The Morgan fingerprint density at radius 1 is 0.655 bits per heavy atom. The molecular weight excluding hydrogens is 469 g/mol. The van der Waals surface area contributed by atoms with E-state index in [0.29, 0.717) is 0 Å². The van der Waals surface area contributed by atoms with Crippen molar-refractivity contribution in [1.29, 1.82) is 0 Å². The van der Waals surface area contributed by atoms with Gasteiger partial charge in [0.25, 0.3) is 0 Å². The van der Waals surface area contributed by atoms with Gasteiger partial charge in [-0.15, -0.1) is 0 Å². The molecule has 2 aromatic heterocycles. The third-order valence-electron chi connectivity index (χ3n) is 5.44. The van der Waals surface area contributed by atoms with Crippen LogP contribution < -0.4 is 0 Å². The van der Waals surface area contributed by atoms with Crippen molar-refractivity contribution in [3.05, 3.63) is 129 Å². The van der Waals surface area contributed by atoms with Crippen molar-refractivity contribution in [2.45, 2.75) is 5.41 Å². The molecule has 3 nitrogen and oxygen atoms in total. The molecule has 5 rings (SSSR count). The Bertz CT molecular complexity index is 1150. The zero-order valence-electron chi connectivity index (χ0n) is 15.6. The average Bonchev–Trinajstić information content (AvgIpc) is 3.28. The second kappa shape index (κ2) is 7.44. The maximum atomic E-state index is 4.72. The highest BCUT2D eigenvalue weighted by Crippen LogP contribution is 2.47. The number of fused-ring (bicyclic) bond motifs is 1. The van der Waals surface area contributed by atoms with Crippen molar-refractivity contribution in [3.63, 3.8) is 0 Å². The van der Waals surface area contributed by atoms with Gasteiger partial charge in [-0.05, 0) is 39.3 Å². The smallest absolute Gasteiger partial charge is 0.156 e. The van der Waals surface area contributed by atoms with E-state index in [2.05, 4.69) is 124 Å². The summed E-state index contributed by atoms with van der Waals surface area (Å²) in [6.07, 6.45) is 3.86. The molecule has 0 aliphatic heterocycles. The standard InChI is InChI=1S/C25H18IN3/c26-23-21-16-28-29-24(21)27-17-22(23)25(18-10-4-1-5-11-18,19-12-6-2-7-13-19)20-14-8-3-9-15-20/h1-17H,(H,27,28,29). The van der Waals surface area contributed by atoms with Gasteiger partial charge < -0.3 is 0 Å². The van der Waals surface area contributed by atoms with Gasteiger partial charge in [-0.1, -0.05) is 91.0 Å². The van der Waals surface area contributed by atoms with E-state index in [-0.39, 0.29) is 0 Å². The molecule has 5 aromatic rings. The van der Waals surface area contributed by atoms with E-state index in [1.807, 2.05) is 12.4 Å². The molecule has 4 heteroatoms. The zero-order chi connectivity index (χ0) is 19.7. The highest BCUT2D eigenvalue weighted by Gasteiger charge is 2.40. The first-order valence-corrected chi connectivity index (χ1v) is 10.5. The number of nitrogens with zero attached hydrogens (tertiary/aromatic N) is 2. The van der Waals surface area contributed by atoms with Gasteiger partial charge in [-0.25, -0.2) is 4.98 Å². The summed E-state index contributed by atoms with van der Waals surface area (Å²) in [5, 5.41) is 8.24. The summed E-state index contributed by atoms with van der Waals surface area (Å²) < 4.78 is 1.15. The number of hydrogen-bond donors (Lipinski definition) is 1. The molecule has 0 unspecified atom stereocenters. The van der Waals surface area contributed by atoms with Crippen molar-refractivity contribution in [3.8, 4) is 0 Å². The molecule has 0 amide bonds. The fourth-order valence-corrected chi connectivity index (χ4v) is 5.10.